The Morgan fingerprint density at radius 2 is 1.79 bits per heavy atom. The van der Waals surface area contributed by atoms with Gasteiger partial charge in [0.15, 0.2) is 10.2 Å². The lowest BCUT2D eigenvalue weighted by Crippen LogP contribution is -2.48. The summed E-state index contributed by atoms with van der Waals surface area (Å²) in [6.07, 6.45) is 0. The lowest BCUT2D eigenvalue weighted by Gasteiger charge is -2.16. The molecule has 0 spiro atoms. The van der Waals surface area contributed by atoms with Crippen LogP contribution in [0.1, 0.15) is 18.1 Å². The van der Waals surface area contributed by atoms with E-state index in [2.05, 4.69) is 21.5 Å². The summed E-state index contributed by atoms with van der Waals surface area (Å²) in [7, 11) is 0. The topological polar surface area (TPSA) is 48.1 Å². The van der Waals surface area contributed by atoms with Gasteiger partial charge in [0.05, 0.1) is 10.7 Å². The minimum atomic E-state index is 0.397. The first-order valence-corrected chi connectivity index (χ1v) is 7.01. The highest BCUT2D eigenvalue weighted by Gasteiger charge is 2.07. The molecule has 0 aliphatic carbocycles. The van der Waals surface area contributed by atoms with Crippen molar-refractivity contribution in [3.8, 4) is 0 Å². The van der Waals surface area contributed by atoms with Crippen molar-refractivity contribution in [2.45, 2.75) is 20.8 Å². The molecule has 0 saturated heterocycles. The molecular formula is C12H17ClN4S2. The quantitative estimate of drug-likeness (QED) is 0.497. The monoisotopic (exact) mass is 316 g/mol. The molecule has 0 unspecified atom stereocenters. The molecule has 0 radical (unpaired) electrons. The van der Waals surface area contributed by atoms with Gasteiger partial charge in [0.2, 0.25) is 0 Å². The number of hydrazine groups is 1. The molecule has 0 heterocycles. The summed E-state index contributed by atoms with van der Waals surface area (Å²) in [6.45, 7) is 6.67. The minimum Gasteiger partial charge on any atom is -0.362 e. The first-order chi connectivity index (χ1) is 8.93. The van der Waals surface area contributed by atoms with Crippen molar-refractivity contribution < 1.29 is 0 Å². The zero-order valence-corrected chi connectivity index (χ0v) is 13.4. The van der Waals surface area contributed by atoms with Crippen molar-refractivity contribution in [3.63, 3.8) is 0 Å². The van der Waals surface area contributed by atoms with E-state index in [-0.39, 0.29) is 0 Å². The third kappa shape index (κ3) is 5.18. The van der Waals surface area contributed by atoms with Crippen LogP contribution in [0.15, 0.2) is 12.1 Å². The van der Waals surface area contributed by atoms with Gasteiger partial charge in [-0.15, -0.1) is 0 Å². The average molecular weight is 317 g/mol. The Bertz CT molecular complexity index is 468. The number of nitrogens with one attached hydrogen (secondary N) is 4. The summed E-state index contributed by atoms with van der Waals surface area (Å²) < 4.78 is 0. The number of aryl methyl sites for hydroxylation is 2. The number of hydrogen-bond donors (Lipinski definition) is 4. The molecule has 0 atom stereocenters. The van der Waals surface area contributed by atoms with Crippen LogP contribution in [0.3, 0.4) is 0 Å². The van der Waals surface area contributed by atoms with E-state index in [1.165, 1.54) is 0 Å². The van der Waals surface area contributed by atoms with Crippen LogP contribution in [0.2, 0.25) is 5.02 Å². The molecule has 1 aromatic rings. The fraction of sp³-hybridized carbons (Fsp3) is 0.333. The second kappa shape index (κ2) is 7.47. The molecule has 0 saturated carbocycles. The van der Waals surface area contributed by atoms with Gasteiger partial charge in [-0.2, -0.15) is 0 Å². The number of benzene rings is 1. The van der Waals surface area contributed by atoms with E-state index in [0.717, 1.165) is 23.4 Å². The fourth-order valence-corrected chi connectivity index (χ4v) is 2.25. The molecule has 104 valence electrons. The Kier molecular flexibility index (Phi) is 6.27. The highest BCUT2D eigenvalue weighted by Crippen LogP contribution is 2.27. The van der Waals surface area contributed by atoms with Crippen molar-refractivity contribution in [2.24, 2.45) is 0 Å². The van der Waals surface area contributed by atoms with E-state index < -0.39 is 0 Å². The van der Waals surface area contributed by atoms with Crippen molar-refractivity contribution in [1.29, 1.82) is 0 Å². The predicted molar refractivity (Wildman–Crippen MR) is 89.7 cm³/mol. The van der Waals surface area contributed by atoms with Gasteiger partial charge in [-0.1, -0.05) is 17.7 Å². The van der Waals surface area contributed by atoms with Crippen LogP contribution in [0.5, 0.6) is 0 Å². The SMILES string of the molecule is CCNC(=S)NNC(=S)Nc1c(C)cc(C)cc1Cl. The summed E-state index contributed by atoms with van der Waals surface area (Å²) in [4.78, 5) is 0. The van der Waals surface area contributed by atoms with E-state index in [9.17, 15) is 0 Å². The lowest BCUT2D eigenvalue weighted by atomic mass is 10.1. The zero-order chi connectivity index (χ0) is 14.4. The van der Waals surface area contributed by atoms with Crippen molar-refractivity contribution in [3.05, 3.63) is 28.3 Å². The molecule has 4 nitrogen and oxygen atoms in total. The maximum Gasteiger partial charge on any atom is 0.189 e. The Morgan fingerprint density at radius 1 is 1.16 bits per heavy atom. The van der Waals surface area contributed by atoms with Gasteiger partial charge < -0.3 is 10.6 Å². The first kappa shape index (κ1) is 15.9. The van der Waals surface area contributed by atoms with Gasteiger partial charge in [-0.25, -0.2) is 0 Å². The highest BCUT2D eigenvalue weighted by molar-refractivity contribution is 7.80. The molecule has 7 heteroatoms. The molecule has 1 aromatic carbocycles. The summed E-state index contributed by atoms with van der Waals surface area (Å²) in [5.41, 5.74) is 8.50. The number of halogens is 1. The summed E-state index contributed by atoms with van der Waals surface area (Å²) in [5.74, 6) is 0. The smallest absolute Gasteiger partial charge is 0.189 e. The highest BCUT2D eigenvalue weighted by atomic mass is 35.5. The van der Waals surface area contributed by atoms with E-state index >= 15 is 0 Å². The molecule has 1 rings (SSSR count). The normalized spacial score (nSPS) is 9.68. The minimum absolute atomic E-state index is 0.397. The van der Waals surface area contributed by atoms with E-state index in [0.29, 0.717) is 15.2 Å². The predicted octanol–water partition coefficient (Wildman–Crippen LogP) is 2.64. The largest absolute Gasteiger partial charge is 0.362 e. The Morgan fingerprint density at radius 3 is 2.37 bits per heavy atom. The van der Waals surface area contributed by atoms with Crippen molar-refractivity contribution in [1.82, 2.24) is 16.2 Å². The molecular weight excluding hydrogens is 300 g/mol. The van der Waals surface area contributed by atoms with Crippen LogP contribution in [-0.4, -0.2) is 16.8 Å². The van der Waals surface area contributed by atoms with Gasteiger partial charge in [-0.05, 0) is 62.4 Å². The standard InChI is InChI=1S/C12H17ClN4S2/c1-4-14-11(18)16-17-12(19)15-10-8(3)5-7(2)6-9(10)13/h5-6H,4H2,1-3H3,(H2,14,16,18)(H2,15,17,19). The molecule has 4 N–H and O–H groups in total. The number of rotatable bonds is 2. The van der Waals surface area contributed by atoms with Gasteiger partial charge in [-0.3, -0.25) is 10.9 Å². The third-order valence-corrected chi connectivity index (χ3v) is 3.05. The average Bonchev–Trinajstić information content (AvgIpc) is 2.31. The number of hydrogen-bond acceptors (Lipinski definition) is 2. The summed E-state index contributed by atoms with van der Waals surface area (Å²) in [5, 5.41) is 7.50. The van der Waals surface area contributed by atoms with Crippen LogP contribution in [0.4, 0.5) is 5.69 Å². The van der Waals surface area contributed by atoms with Crippen LogP contribution in [-0.2, 0) is 0 Å². The maximum absolute atomic E-state index is 6.18. The van der Waals surface area contributed by atoms with Crippen LogP contribution in [0, 0.1) is 13.8 Å². The molecule has 0 fully saturated rings. The molecule has 0 aliphatic rings. The Balaban J connectivity index is 2.60. The van der Waals surface area contributed by atoms with Crippen LogP contribution < -0.4 is 21.5 Å². The van der Waals surface area contributed by atoms with E-state index in [4.69, 9.17) is 36.0 Å². The lowest BCUT2D eigenvalue weighted by molar-refractivity contribution is 0.825. The molecule has 19 heavy (non-hydrogen) atoms. The first-order valence-electron chi connectivity index (χ1n) is 5.81. The maximum atomic E-state index is 6.18. The Hall–Kier alpha value is -1.11. The third-order valence-electron chi connectivity index (χ3n) is 2.30. The van der Waals surface area contributed by atoms with Gasteiger partial charge in [0.25, 0.3) is 0 Å². The van der Waals surface area contributed by atoms with Crippen LogP contribution in [0.25, 0.3) is 0 Å². The van der Waals surface area contributed by atoms with Crippen LogP contribution >= 0.6 is 36.0 Å². The second-order valence-corrected chi connectivity index (χ2v) is 5.23. The molecule has 0 amide bonds. The van der Waals surface area contributed by atoms with E-state index in [1.54, 1.807) is 0 Å². The number of anilines is 1. The van der Waals surface area contributed by atoms with Gasteiger partial charge >= 0.3 is 0 Å². The zero-order valence-electron chi connectivity index (χ0n) is 11.1. The fourth-order valence-electron chi connectivity index (χ4n) is 1.54. The van der Waals surface area contributed by atoms with Gasteiger partial charge in [0, 0.05) is 6.54 Å². The second-order valence-electron chi connectivity index (χ2n) is 4.00. The molecule has 0 bridgehead atoms. The van der Waals surface area contributed by atoms with Crippen molar-refractivity contribution in [2.75, 3.05) is 11.9 Å². The number of thiocarbonyl (C=S) groups is 2. The summed E-state index contributed by atoms with van der Waals surface area (Å²) in [6, 6.07) is 3.92. The van der Waals surface area contributed by atoms with Gasteiger partial charge in [0.1, 0.15) is 0 Å². The molecule has 0 aliphatic heterocycles. The molecule has 0 aromatic heterocycles. The van der Waals surface area contributed by atoms with Crippen molar-refractivity contribution >= 4 is 51.9 Å². The van der Waals surface area contributed by atoms with E-state index in [1.807, 2.05) is 32.9 Å². The summed E-state index contributed by atoms with van der Waals surface area (Å²) >= 11 is 16.3. The Labute approximate surface area is 129 Å².